The Kier molecular flexibility index (Phi) is 7.34. The molecule has 0 atom stereocenters. The van der Waals surface area contributed by atoms with Crippen LogP contribution < -0.4 is 0 Å². The number of hydrogen-bond donors (Lipinski definition) is 2. The Morgan fingerprint density at radius 1 is 1.18 bits per heavy atom. The van der Waals surface area contributed by atoms with Crippen LogP contribution in [0, 0.1) is 0 Å². The molecule has 0 rings (SSSR count). The third-order valence-corrected chi connectivity index (χ3v) is 3.06. The second-order valence-corrected chi connectivity index (χ2v) is 4.84. The second-order valence-electron chi connectivity index (χ2n) is 4.84. The minimum Gasteiger partial charge on any atom is -0.480 e. The molecule has 2 N–H and O–H groups in total. The lowest BCUT2D eigenvalue weighted by Gasteiger charge is -2.32. The van der Waals surface area contributed by atoms with Gasteiger partial charge in [0, 0.05) is 19.6 Å². The van der Waals surface area contributed by atoms with Crippen molar-refractivity contribution in [1.29, 1.82) is 0 Å². The molecule has 0 aliphatic carbocycles. The summed E-state index contributed by atoms with van der Waals surface area (Å²) in [5.41, 5.74) is -0.776. The third kappa shape index (κ3) is 7.31. The fourth-order valence-corrected chi connectivity index (χ4v) is 1.64. The summed E-state index contributed by atoms with van der Waals surface area (Å²) >= 11 is 0. The van der Waals surface area contributed by atoms with E-state index in [1.165, 1.54) is 0 Å². The van der Waals surface area contributed by atoms with E-state index >= 15 is 0 Å². The van der Waals surface area contributed by atoms with E-state index in [4.69, 9.17) is 5.11 Å². The van der Waals surface area contributed by atoms with Crippen molar-refractivity contribution in [3.8, 4) is 0 Å². The van der Waals surface area contributed by atoms with E-state index in [1.54, 1.807) is 4.90 Å². The summed E-state index contributed by atoms with van der Waals surface area (Å²) < 4.78 is 0. The van der Waals surface area contributed by atoms with Gasteiger partial charge in [-0.1, -0.05) is 13.8 Å². The molecule has 5 heteroatoms. The van der Waals surface area contributed by atoms with Gasteiger partial charge in [0.2, 0.25) is 0 Å². The molecule has 0 bridgehead atoms. The van der Waals surface area contributed by atoms with Crippen molar-refractivity contribution in [3.05, 3.63) is 0 Å². The minimum absolute atomic E-state index is 0.0177. The molecule has 0 radical (unpaired) electrons. The Bertz CT molecular complexity index is 228. The number of likely N-dealkylation sites (N-methyl/N-ethyl adjacent to an activating group) is 1. The second kappa shape index (κ2) is 7.63. The predicted molar refractivity (Wildman–Crippen MR) is 68.2 cm³/mol. The molecule has 102 valence electrons. The highest BCUT2D eigenvalue weighted by atomic mass is 16.4. The number of hydrogen-bond acceptors (Lipinski definition) is 4. The molecular formula is C12H26N2O3. The van der Waals surface area contributed by atoms with Gasteiger partial charge >= 0.3 is 5.97 Å². The van der Waals surface area contributed by atoms with Gasteiger partial charge in [0.15, 0.2) is 0 Å². The van der Waals surface area contributed by atoms with Crippen LogP contribution in [-0.2, 0) is 4.79 Å². The summed E-state index contributed by atoms with van der Waals surface area (Å²) in [7, 11) is 3.90. The van der Waals surface area contributed by atoms with Crippen molar-refractivity contribution in [3.63, 3.8) is 0 Å². The molecule has 0 aromatic carbocycles. The van der Waals surface area contributed by atoms with Gasteiger partial charge < -0.3 is 15.1 Å². The SMILES string of the molecule is CCC(O)(CC)CN(CCN(C)C)CC(=O)O. The van der Waals surface area contributed by atoms with E-state index in [0.717, 1.165) is 6.54 Å². The van der Waals surface area contributed by atoms with E-state index in [1.807, 2.05) is 32.8 Å². The zero-order chi connectivity index (χ0) is 13.5. The first-order valence-electron chi connectivity index (χ1n) is 6.14. The quantitative estimate of drug-likeness (QED) is 0.620. The first kappa shape index (κ1) is 16.4. The summed E-state index contributed by atoms with van der Waals surface area (Å²) in [6.45, 7) is 5.69. The Labute approximate surface area is 104 Å². The van der Waals surface area contributed by atoms with Gasteiger partial charge in [-0.3, -0.25) is 9.69 Å². The Balaban J connectivity index is 4.40. The molecule has 0 aliphatic rings. The molecule has 0 heterocycles. The van der Waals surface area contributed by atoms with Crippen LogP contribution in [0.25, 0.3) is 0 Å². The van der Waals surface area contributed by atoms with Gasteiger partial charge in [-0.05, 0) is 26.9 Å². The lowest BCUT2D eigenvalue weighted by molar-refractivity contribution is -0.139. The Hall–Kier alpha value is -0.650. The van der Waals surface area contributed by atoms with Gasteiger partial charge in [-0.15, -0.1) is 0 Å². The molecule has 17 heavy (non-hydrogen) atoms. The minimum atomic E-state index is -0.849. The number of aliphatic hydroxyl groups is 1. The molecule has 0 aromatic rings. The highest BCUT2D eigenvalue weighted by molar-refractivity contribution is 5.69. The maximum atomic E-state index is 10.8. The highest BCUT2D eigenvalue weighted by Crippen LogP contribution is 2.16. The monoisotopic (exact) mass is 246 g/mol. The summed E-state index contributed by atoms with van der Waals surface area (Å²) in [4.78, 5) is 14.6. The molecule has 0 amide bonds. The van der Waals surface area contributed by atoms with Crippen molar-refractivity contribution in [2.45, 2.75) is 32.3 Å². The molecule has 5 nitrogen and oxygen atoms in total. The van der Waals surface area contributed by atoms with Gasteiger partial charge in [0.05, 0.1) is 12.1 Å². The largest absolute Gasteiger partial charge is 0.480 e. The first-order valence-corrected chi connectivity index (χ1v) is 6.14. The fraction of sp³-hybridized carbons (Fsp3) is 0.917. The predicted octanol–water partition coefficient (Wildman–Crippen LogP) is 0.486. The lowest BCUT2D eigenvalue weighted by atomic mass is 9.97. The molecule has 0 unspecified atom stereocenters. The summed E-state index contributed by atoms with van der Waals surface area (Å²) in [5, 5.41) is 19.1. The van der Waals surface area contributed by atoms with Crippen molar-refractivity contribution < 1.29 is 15.0 Å². The highest BCUT2D eigenvalue weighted by Gasteiger charge is 2.26. The standard InChI is InChI=1S/C12H26N2O3/c1-5-12(17,6-2)10-14(9-11(15)16)8-7-13(3)4/h17H,5-10H2,1-4H3,(H,15,16). The maximum Gasteiger partial charge on any atom is 0.317 e. The van der Waals surface area contributed by atoms with E-state index in [9.17, 15) is 9.90 Å². The number of carboxylic acids is 1. The van der Waals surface area contributed by atoms with E-state index in [0.29, 0.717) is 25.9 Å². The van der Waals surface area contributed by atoms with Crippen LogP contribution in [0.4, 0.5) is 0 Å². The summed E-state index contributed by atoms with van der Waals surface area (Å²) in [6, 6.07) is 0. The zero-order valence-corrected chi connectivity index (χ0v) is 11.4. The molecule has 0 aromatic heterocycles. The van der Waals surface area contributed by atoms with Crippen molar-refractivity contribution >= 4 is 5.97 Å². The number of rotatable bonds is 9. The van der Waals surface area contributed by atoms with Crippen LogP contribution >= 0.6 is 0 Å². The third-order valence-electron chi connectivity index (χ3n) is 3.06. The molecule has 0 saturated heterocycles. The first-order chi connectivity index (χ1) is 7.83. The van der Waals surface area contributed by atoms with Crippen LogP contribution in [0.2, 0.25) is 0 Å². The molecule has 0 aliphatic heterocycles. The van der Waals surface area contributed by atoms with Gasteiger partial charge in [0.1, 0.15) is 0 Å². The number of carbonyl (C=O) groups is 1. The van der Waals surface area contributed by atoms with Crippen LogP contribution in [0.3, 0.4) is 0 Å². The molecule has 0 fully saturated rings. The fourth-order valence-electron chi connectivity index (χ4n) is 1.64. The number of nitrogens with zero attached hydrogens (tertiary/aromatic N) is 2. The van der Waals surface area contributed by atoms with E-state index in [2.05, 4.69) is 0 Å². The van der Waals surface area contributed by atoms with Crippen LogP contribution in [0.15, 0.2) is 0 Å². The Morgan fingerprint density at radius 2 is 1.71 bits per heavy atom. The normalized spacial score (nSPS) is 12.4. The zero-order valence-electron chi connectivity index (χ0n) is 11.4. The summed E-state index contributed by atoms with van der Waals surface area (Å²) in [5.74, 6) is -0.849. The van der Waals surface area contributed by atoms with Crippen LogP contribution in [0.5, 0.6) is 0 Å². The van der Waals surface area contributed by atoms with Crippen LogP contribution in [0.1, 0.15) is 26.7 Å². The lowest BCUT2D eigenvalue weighted by Crippen LogP contribution is -2.46. The van der Waals surface area contributed by atoms with E-state index in [-0.39, 0.29) is 6.54 Å². The van der Waals surface area contributed by atoms with Gasteiger partial charge in [0.25, 0.3) is 0 Å². The average Bonchev–Trinajstić information content (AvgIpc) is 2.25. The molecule has 0 saturated carbocycles. The topological polar surface area (TPSA) is 64.0 Å². The molecule has 0 spiro atoms. The van der Waals surface area contributed by atoms with Crippen molar-refractivity contribution in [2.24, 2.45) is 0 Å². The average molecular weight is 246 g/mol. The van der Waals surface area contributed by atoms with Gasteiger partial charge in [-0.2, -0.15) is 0 Å². The van der Waals surface area contributed by atoms with Crippen molar-refractivity contribution in [1.82, 2.24) is 9.80 Å². The smallest absolute Gasteiger partial charge is 0.317 e. The van der Waals surface area contributed by atoms with Crippen molar-refractivity contribution in [2.75, 3.05) is 40.3 Å². The number of aliphatic carboxylic acids is 1. The van der Waals surface area contributed by atoms with Gasteiger partial charge in [-0.25, -0.2) is 0 Å². The van der Waals surface area contributed by atoms with Crippen LogP contribution in [-0.4, -0.2) is 71.9 Å². The van der Waals surface area contributed by atoms with E-state index < -0.39 is 11.6 Å². The Morgan fingerprint density at radius 3 is 2.06 bits per heavy atom. The molecular weight excluding hydrogens is 220 g/mol. The number of carboxylic acid groups (broad SMARTS) is 1. The summed E-state index contributed by atoms with van der Waals surface area (Å²) in [6.07, 6.45) is 1.28. The maximum absolute atomic E-state index is 10.8.